The third kappa shape index (κ3) is 7.78. The standard InChI is InChI=1S/C46H72O17/c1-19-10-13-46(56-17-19)20(2)32-30(63-46)16-28-26-9-8-24-14-25(48)15-31(45(24,7)27(26)11-12-44(28,32)6)60-43-40(62-42-36(53)35(52)33(50)21(3)57-42)39(34(51)22(4)58-43)61-41-37(54)38(59-23(5)47)29(49)18-55-41/h8,19-22,25-43,48-54H,9-18H2,1-7H3. The fourth-order valence-electron chi connectivity index (χ4n) is 14.1. The van der Waals surface area contributed by atoms with Crippen molar-refractivity contribution < 1.29 is 83.2 Å². The van der Waals surface area contributed by atoms with E-state index < -0.39 is 115 Å². The quantitative estimate of drug-likeness (QED) is 0.141. The lowest BCUT2D eigenvalue weighted by Gasteiger charge is -2.60. The van der Waals surface area contributed by atoms with Crippen molar-refractivity contribution in [2.45, 2.75) is 210 Å². The van der Waals surface area contributed by atoms with Crippen LogP contribution in [0.5, 0.6) is 0 Å². The van der Waals surface area contributed by atoms with Gasteiger partial charge in [0.1, 0.15) is 48.8 Å². The number of rotatable bonds is 7. The zero-order valence-electron chi connectivity index (χ0n) is 37.6. The van der Waals surface area contributed by atoms with E-state index in [4.69, 9.17) is 42.6 Å². The Labute approximate surface area is 369 Å². The molecule has 7 N–H and O–H groups in total. The summed E-state index contributed by atoms with van der Waals surface area (Å²) in [6.07, 6.45) is -12.2. The minimum atomic E-state index is -1.74. The van der Waals surface area contributed by atoms with E-state index >= 15 is 0 Å². The molecule has 3 saturated carbocycles. The molecular formula is C46H72O17. The van der Waals surface area contributed by atoms with Crippen molar-refractivity contribution in [3.05, 3.63) is 11.6 Å². The highest BCUT2D eigenvalue weighted by Crippen LogP contribution is 2.71. The van der Waals surface area contributed by atoms with Crippen molar-refractivity contribution >= 4 is 5.97 Å². The molecule has 5 saturated heterocycles. The van der Waals surface area contributed by atoms with E-state index in [-0.39, 0.29) is 36.4 Å². The van der Waals surface area contributed by atoms with Crippen molar-refractivity contribution in [3.8, 4) is 0 Å². The number of carbonyl (C=O) groups excluding carboxylic acids is 1. The summed E-state index contributed by atoms with van der Waals surface area (Å²) >= 11 is 0. The smallest absolute Gasteiger partial charge is 0.303 e. The first-order valence-corrected chi connectivity index (χ1v) is 23.6. The van der Waals surface area contributed by atoms with Crippen LogP contribution in [0.2, 0.25) is 0 Å². The lowest BCUT2D eigenvalue weighted by Crippen LogP contribution is -2.66. The first-order valence-electron chi connectivity index (χ1n) is 23.6. The van der Waals surface area contributed by atoms with Gasteiger partial charge in [-0.25, -0.2) is 0 Å². The molecule has 0 bridgehead atoms. The van der Waals surface area contributed by atoms with Crippen LogP contribution in [0.25, 0.3) is 0 Å². The third-order valence-electron chi connectivity index (χ3n) is 17.6. The number of aliphatic hydroxyl groups is 7. The summed E-state index contributed by atoms with van der Waals surface area (Å²) in [5.74, 6) is 0.844. The van der Waals surface area contributed by atoms with Crippen molar-refractivity contribution in [3.63, 3.8) is 0 Å². The highest BCUT2D eigenvalue weighted by Gasteiger charge is 2.70. The van der Waals surface area contributed by atoms with E-state index in [0.717, 1.165) is 57.6 Å². The molecule has 0 aromatic heterocycles. The van der Waals surface area contributed by atoms with Gasteiger partial charge in [0.2, 0.25) is 0 Å². The molecule has 26 unspecified atom stereocenters. The van der Waals surface area contributed by atoms with Gasteiger partial charge in [0.05, 0.1) is 43.7 Å². The zero-order valence-corrected chi connectivity index (χ0v) is 37.6. The van der Waals surface area contributed by atoms with Crippen molar-refractivity contribution in [2.75, 3.05) is 13.2 Å². The molecule has 5 aliphatic heterocycles. The number of fused-ring (bicyclic) bond motifs is 7. The Morgan fingerprint density at radius 1 is 0.746 bits per heavy atom. The fourth-order valence-corrected chi connectivity index (χ4v) is 14.1. The van der Waals surface area contributed by atoms with Crippen LogP contribution in [0.15, 0.2) is 11.6 Å². The number of esters is 1. The van der Waals surface area contributed by atoms with E-state index in [2.05, 4.69) is 33.8 Å². The van der Waals surface area contributed by atoms with Crippen LogP contribution in [-0.2, 0) is 47.4 Å². The third-order valence-corrected chi connectivity index (χ3v) is 17.6. The fraction of sp³-hybridized carbons (Fsp3) is 0.935. The predicted molar refractivity (Wildman–Crippen MR) is 218 cm³/mol. The summed E-state index contributed by atoms with van der Waals surface area (Å²) in [6.45, 7) is 13.9. The lowest BCUT2D eigenvalue weighted by atomic mass is 9.46. The summed E-state index contributed by atoms with van der Waals surface area (Å²) in [6, 6.07) is 0. The van der Waals surface area contributed by atoms with Gasteiger partial charge in [-0.05, 0) is 87.4 Å². The van der Waals surface area contributed by atoms with Gasteiger partial charge in [0, 0.05) is 31.1 Å². The van der Waals surface area contributed by atoms with Gasteiger partial charge < -0.3 is 78.4 Å². The highest BCUT2D eigenvalue weighted by atomic mass is 16.8. The van der Waals surface area contributed by atoms with Crippen LogP contribution in [0, 0.1) is 46.3 Å². The average Bonchev–Trinajstić information content (AvgIpc) is 3.68. The van der Waals surface area contributed by atoms with Crippen LogP contribution >= 0.6 is 0 Å². The number of allylic oxidation sites excluding steroid dienone is 1. The van der Waals surface area contributed by atoms with Crippen molar-refractivity contribution in [2.24, 2.45) is 46.3 Å². The molecule has 0 radical (unpaired) electrons. The molecule has 26 atom stereocenters. The summed E-state index contributed by atoms with van der Waals surface area (Å²) in [7, 11) is 0. The van der Waals surface area contributed by atoms with Crippen LogP contribution in [0.1, 0.15) is 99.8 Å². The number of ether oxygens (including phenoxy) is 9. The van der Waals surface area contributed by atoms with Gasteiger partial charge in [-0.2, -0.15) is 0 Å². The second-order valence-electron chi connectivity index (χ2n) is 21.3. The normalized spacial score (nSPS) is 56.8. The van der Waals surface area contributed by atoms with E-state index in [0.29, 0.717) is 30.1 Å². The number of aliphatic hydroxyl groups excluding tert-OH is 7. The Balaban J connectivity index is 1.01. The Bertz CT molecular complexity index is 1690. The highest BCUT2D eigenvalue weighted by molar-refractivity contribution is 5.66. The maximum atomic E-state index is 11.9. The maximum Gasteiger partial charge on any atom is 0.303 e. The number of hydrogen-bond donors (Lipinski definition) is 7. The Kier molecular flexibility index (Phi) is 12.8. The minimum absolute atomic E-state index is 0.0569. The molecule has 17 nitrogen and oxygen atoms in total. The zero-order chi connectivity index (χ0) is 45.1. The van der Waals surface area contributed by atoms with Crippen LogP contribution in [0.3, 0.4) is 0 Å². The van der Waals surface area contributed by atoms with Gasteiger partial charge in [0.15, 0.2) is 30.8 Å². The lowest BCUT2D eigenvalue weighted by molar-refractivity contribution is -0.391. The molecule has 0 aromatic rings. The molecule has 9 rings (SSSR count). The largest absolute Gasteiger partial charge is 0.457 e. The van der Waals surface area contributed by atoms with Crippen LogP contribution in [-0.4, -0.2) is 165 Å². The van der Waals surface area contributed by atoms with Gasteiger partial charge in [-0.1, -0.05) is 39.3 Å². The van der Waals surface area contributed by atoms with E-state index in [1.165, 1.54) is 6.92 Å². The second-order valence-corrected chi connectivity index (χ2v) is 21.3. The predicted octanol–water partition coefficient (Wildman–Crippen LogP) is 1.42. The molecule has 63 heavy (non-hydrogen) atoms. The molecule has 8 fully saturated rings. The molecule has 358 valence electrons. The summed E-state index contributed by atoms with van der Waals surface area (Å²) in [4.78, 5) is 11.9. The molecule has 0 aromatic carbocycles. The first kappa shape index (κ1) is 46.7. The molecule has 0 amide bonds. The van der Waals surface area contributed by atoms with Gasteiger partial charge in [0.25, 0.3) is 0 Å². The van der Waals surface area contributed by atoms with Crippen LogP contribution in [0.4, 0.5) is 0 Å². The monoisotopic (exact) mass is 896 g/mol. The molecular weight excluding hydrogens is 824 g/mol. The molecule has 4 aliphatic carbocycles. The minimum Gasteiger partial charge on any atom is -0.457 e. The molecule has 9 aliphatic rings. The molecule has 1 spiro atoms. The Morgan fingerprint density at radius 3 is 2.17 bits per heavy atom. The van der Waals surface area contributed by atoms with E-state index in [9.17, 15) is 40.5 Å². The average molecular weight is 897 g/mol. The summed E-state index contributed by atoms with van der Waals surface area (Å²) < 4.78 is 56.7. The van der Waals surface area contributed by atoms with Crippen molar-refractivity contribution in [1.29, 1.82) is 0 Å². The van der Waals surface area contributed by atoms with Gasteiger partial charge in [-0.3, -0.25) is 4.79 Å². The summed E-state index contributed by atoms with van der Waals surface area (Å²) in [5.41, 5.74) is 0.635. The van der Waals surface area contributed by atoms with Crippen molar-refractivity contribution in [1.82, 2.24) is 0 Å². The van der Waals surface area contributed by atoms with Crippen LogP contribution < -0.4 is 0 Å². The SMILES string of the molecule is CC(=O)OC1C(O)COC(OC2C(O)C(C)OC(OC3CC(O)CC4=CCC5C6CC7OC8(CCC(C)CO8)C(C)C7C6(C)CCC5C43C)C2OC2OC(C)C(O)C(O)C2O)C1O. The second kappa shape index (κ2) is 17.3. The number of carbonyl (C=O) groups is 1. The molecule has 5 heterocycles. The number of hydrogen-bond acceptors (Lipinski definition) is 17. The summed E-state index contributed by atoms with van der Waals surface area (Å²) in [5, 5.41) is 77.5. The topological polar surface area (TPSA) is 242 Å². The van der Waals surface area contributed by atoms with E-state index in [1.807, 2.05) is 0 Å². The Morgan fingerprint density at radius 2 is 1.46 bits per heavy atom. The van der Waals surface area contributed by atoms with Gasteiger partial charge in [-0.15, -0.1) is 0 Å². The molecule has 17 heteroatoms. The maximum absolute atomic E-state index is 11.9. The van der Waals surface area contributed by atoms with Gasteiger partial charge >= 0.3 is 5.97 Å². The first-order chi connectivity index (χ1) is 29.8. The van der Waals surface area contributed by atoms with E-state index in [1.54, 1.807) is 6.92 Å². The Hall–Kier alpha value is -1.39.